The monoisotopic (exact) mass is 417 g/mol. The van der Waals surface area contributed by atoms with Crippen LogP contribution >= 0.6 is 0 Å². The Labute approximate surface area is 179 Å². The van der Waals surface area contributed by atoms with Crippen LogP contribution in [0, 0.1) is 13.8 Å². The molecule has 10 nitrogen and oxygen atoms in total. The van der Waals surface area contributed by atoms with E-state index in [1.165, 1.54) is 6.33 Å². The summed E-state index contributed by atoms with van der Waals surface area (Å²) < 4.78 is 3.41. The molecule has 3 N–H and O–H groups in total. The lowest BCUT2D eigenvalue weighted by atomic mass is 10.1. The van der Waals surface area contributed by atoms with Crippen LogP contribution in [0.3, 0.4) is 0 Å². The van der Waals surface area contributed by atoms with Crippen LogP contribution in [0.1, 0.15) is 38.6 Å². The number of anilines is 1. The molecule has 0 atom stereocenters. The summed E-state index contributed by atoms with van der Waals surface area (Å²) in [4.78, 5) is 24.8. The molecule has 0 aliphatic heterocycles. The smallest absolute Gasteiger partial charge is 0.291 e. The van der Waals surface area contributed by atoms with Crippen molar-refractivity contribution in [3.05, 3.63) is 83.1 Å². The molecule has 158 valence electrons. The van der Waals surface area contributed by atoms with E-state index in [-0.39, 0.29) is 11.7 Å². The Bertz CT molecular complexity index is 1160. The van der Waals surface area contributed by atoms with Crippen molar-refractivity contribution < 1.29 is 4.79 Å². The van der Waals surface area contributed by atoms with E-state index in [0.29, 0.717) is 25.5 Å². The highest BCUT2D eigenvalue weighted by atomic mass is 16.2. The lowest BCUT2D eigenvalue weighted by Crippen LogP contribution is -2.25. The van der Waals surface area contributed by atoms with Gasteiger partial charge in [-0.2, -0.15) is 5.10 Å². The predicted octanol–water partition coefficient (Wildman–Crippen LogP) is 1.49. The number of benzene rings is 1. The Hall–Kier alpha value is -4.08. The normalized spacial score (nSPS) is 10.9. The van der Waals surface area contributed by atoms with Gasteiger partial charge in [0.25, 0.3) is 5.91 Å². The molecular weight excluding hydrogens is 394 g/mol. The number of rotatable bonds is 7. The quantitative estimate of drug-likeness (QED) is 0.466. The summed E-state index contributed by atoms with van der Waals surface area (Å²) in [6.07, 6.45) is 4.75. The van der Waals surface area contributed by atoms with Crippen molar-refractivity contribution in [2.45, 2.75) is 33.5 Å². The largest absolute Gasteiger partial charge is 0.384 e. The topological polar surface area (TPSA) is 129 Å². The van der Waals surface area contributed by atoms with Crippen LogP contribution in [-0.4, -0.2) is 40.4 Å². The molecule has 3 aromatic heterocycles. The van der Waals surface area contributed by atoms with Crippen LogP contribution in [0.5, 0.6) is 0 Å². The molecule has 0 aliphatic rings. The molecule has 0 bridgehead atoms. The van der Waals surface area contributed by atoms with Gasteiger partial charge in [0.05, 0.1) is 13.1 Å². The Balaban J connectivity index is 1.35. The molecule has 1 aromatic carbocycles. The molecule has 31 heavy (non-hydrogen) atoms. The third kappa shape index (κ3) is 4.92. The van der Waals surface area contributed by atoms with Gasteiger partial charge in [-0.15, -0.1) is 5.10 Å². The van der Waals surface area contributed by atoms with Crippen molar-refractivity contribution >= 4 is 11.7 Å². The van der Waals surface area contributed by atoms with Gasteiger partial charge in [-0.05, 0) is 42.2 Å². The van der Waals surface area contributed by atoms with E-state index in [4.69, 9.17) is 5.73 Å². The maximum Gasteiger partial charge on any atom is 0.291 e. The number of nitrogens with one attached hydrogen (secondary N) is 1. The lowest BCUT2D eigenvalue weighted by Gasteiger charge is -2.10. The third-order valence-electron chi connectivity index (χ3n) is 4.92. The predicted molar refractivity (Wildman–Crippen MR) is 114 cm³/mol. The summed E-state index contributed by atoms with van der Waals surface area (Å²) in [6.45, 7) is 5.33. The fourth-order valence-electron chi connectivity index (χ4n) is 3.32. The summed E-state index contributed by atoms with van der Waals surface area (Å²) in [5.74, 6) is 0.260. The van der Waals surface area contributed by atoms with Gasteiger partial charge in [0.15, 0.2) is 0 Å². The molecule has 0 spiro atoms. The van der Waals surface area contributed by atoms with Crippen molar-refractivity contribution in [1.82, 2.24) is 39.8 Å². The summed E-state index contributed by atoms with van der Waals surface area (Å²) >= 11 is 0. The van der Waals surface area contributed by atoms with Crippen molar-refractivity contribution in [2.24, 2.45) is 0 Å². The van der Waals surface area contributed by atoms with Gasteiger partial charge in [0.1, 0.15) is 24.8 Å². The molecule has 10 heteroatoms. The van der Waals surface area contributed by atoms with E-state index < -0.39 is 0 Å². The Morgan fingerprint density at radius 3 is 2.42 bits per heavy atom. The van der Waals surface area contributed by atoms with Crippen LogP contribution in [0.25, 0.3) is 0 Å². The number of amides is 1. The molecule has 4 rings (SSSR count). The number of carbonyl (C=O) groups is 1. The van der Waals surface area contributed by atoms with E-state index in [2.05, 4.69) is 30.5 Å². The van der Waals surface area contributed by atoms with Crippen LogP contribution in [0.15, 0.2) is 49.3 Å². The fourth-order valence-corrected chi connectivity index (χ4v) is 3.32. The van der Waals surface area contributed by atoms with Crippen LogP contribution < -0.4 is 11.1 Å². The molecule has 3 heterocycles. The molecule has 0 saturated heterocycles. The number of nitrogens with two attached hydrogens (primary N) is 1. The SMILES string of the molecule is Cc1cc(N)nc(C)c1CNC(=O)c1ncn(Cc2ccc(Cn3cncn3)cc2)n1. The van der Waals surface area contributed by atoms with E-state index in [9.17, 15) is 4.79 Å². The molecule has 4 aromatic rings. The average molecular weight is 417 g/mol. The molecule has 1 amide bonds. The van der Waals surface area contributed by atoms with Crippen LogP contribution in [0.4, 0.5) is 5.82 Å². The minimum Gasteiger partial charge on any atom is -0.384 e. The minimum absolute atomic E-state index is 0.126. The number of nitrogen functional groups attached to an aromatic ring is 1. The van der Waals surface area contributed by atoms with Gasteiger partial charge in [-0.1, -0.05) is 24.3 Å². The molecule has 0 aliphatic carbocycles. The van der Waals surface area contributed by atoms with Gasteiger partial charge in [0, 0.05) is 12.2 Å². The van der Waals surface area contributed by atoms with Crippen molar-refractivity contribution in [3.63, 3.8) is 0 Å². The number of carbonyl (C=O) groups excluding carboxylic acids is 1. The van der Waals surface area contributed by atoms with Crippen LogP contribution in [-0.2, 0) is 19.6 Å². The van der Waals surface area contributed by atoms with Gasteiger partial charge in [-0.3, -0.25) is 4.79 Å². The molecule has 0 radical (unpaired) electrons. The first-order chi connectivity index (χ1) is 15.0. The molecule has 0 fully saturated rings. The number of pyridine rings is 1. The number of hydrogen-bond donors (Lipinski definition) is 2. The van der Waals surface area contributed by atoms with Crippen molar-refractivity contribution in [1.29, 1.82) is 0 Å². The average Bonchev–Trinajstić information content (AvgIpc) is 3.41. The second kappa shape index (κ2) is 8.74. The van der Waals surface area contributed by atoms with Gasteiger partial charge in [-0.25, -0.2) is 24.3 Å². The first-order valence-electron chi connectivity index (χ1n) is 9.78. The Kier molecular flexibility index (Phi) is 5.69. The maximum absolute atomic E-state index is 12.5. The number of hydrogen-bond acceptors (Lipinski definition) is 7. The Morgan fingerprint density at radius 1 is 1.06 bits per heavy atom. The highest BCUT2D eigenvalue weighted by Gasteiger charge is 2.13. The zero-order valence-electron chi connectivity index (χ0n) is 17.4. The van der Waals surface area contributed by atoms with Gasteiger partial charge >= 0.3 is 0 Å². The Morgan fingerprint density at radius 2 is 1.77 bits per heavy atom. The van der Waals surface area contributed by atoms with Crippen LogP contribution in [0.2, 0.25) is 0 Å². The second-order valence-corrected chi connectivity index (χ2v) is 7.29. The second-order valence-electron chi connectivity index (χ2n) is 7.29. The molecule has 0 unspecified atom stereocenters. The van der Waals surface area contributed by atoms with Crippen molar-refractivity contribution in [3.8, 4) is 0 Å². The first kappa shape index (κ1) is 20.2. The summed E-state index contributed by atoms with van der Waals surface area (Å²) in [7, 11) is 0. The van der Waals surface area contributed by atoms with E-state index >= 15 is 0 Å². The zero-order valence-corrected chi connectivity index (χ0v) is 17.4. The number of nitrogens with zero attached hydrogens (tertiary/aromatic N) is 7. The van der Waals surface area contributed by atoms with Crippen molar-refractivity contribution in [2.75, 3.05) is 5.73 Å². The summed E-state index contributed by atoms with van der Waals surface area (Å²) in [5, 5.41) is 11.3. The highest BCUT2D eigenvalue weighted by molar-refractivity contribution is 5.90. The molecule has 0 saturated carbocycles. The summed E-state index contributed by atoms with van der Waals surface area (Å²) in [6, 6.07) is 9.90. The minimum atomic E-state index is -0.336. The number of aryl methyl sites for hydroxylation is 2. The van der Waals surface area contributed by atoms with Gasteiger partial charge < -0.3 is 11.1 Å². The highest BCUT2D eigenvalue weighted by Crippen LogP contribution is 2.14. The first-order valence-corrected chi connectivity index (χ1v) is 9.78. The van der Waals surface area contributed by atoms with E-state index in [1.807, 2.05) is 38.1 Å². The zero-order chi connectivity index (χ0) is 21.8. The maximum atomic E-state index is 12.5. The van der Waals surface area contributed by atoms with E-state index in [0.717, 1.165) is 27.9 Å². The lowest BCUT2D eigenvalue weighted by molar-refractivity contribution is 0.0940. The van der Waals surface area contributed by atoms with Gasteiger partial charge in [0.2, 0.25) is 5.82 Å². The number of aromatic nitrogens is 7. The summed E-state index contributed by atoms with van der Waals surface area (Å²) in [5.41, 5.74) is 10.6. The fraction of sp³-hybridized carbons (Fsp3) is 0.238. The third-order valence-corrected chi connectivity index (χ3v) is 4.92. The molecular formula is C21H23N9O. The standard InChI is InChI=1S/C21H23N9O/c1-14-7-19(22)27-15(2)18(14)8-24-21(31)20-25-13-30(28-20)10-17-5-3-16(4-6-17)9-29-12-23-11-26-29/h3-7,11-13H,8-10H2,1-2H3,(H2,22,27)(H,24,31). The van der Waals surface area contributed by atoms with E-state index in [1.54, 1.807) is 28.1 Å².